The van der Waals surface area contributed by atoms with Crippen molar-refractivity contribution in [1.82, 2.24) is 20.2 Å². The number of nitrogens with zero attached hydrogens (tertiary/aromatic N) is 3. The third-order valence-electron chi connectivity index (χ3n) is 6.10. The van der Waals surface area contributed by atoms with Gasteiger partial charge in [-0.05, 0) is 55.9 Å². The minimum Gasteiger partial charge on any atom is -0.393 e. The molecule has 2 heterocycles. The van der Waals surface area contributed by atoms with Gasteiger partial charge in [0.05, 0.1) is 36.0 Å². The third kappa shape index (κ3) is 5.90. The van der Waals surface area contributed by atoms with Gasteiger partial charge in [-0.3, -0.25) is 0 Å². The second-order valence-electron chi connectivity index (χ2n) is 8.48. The summed E-state index contributed by atoms with van der Waals surface area (Å²) in [7, 11) is 0. The van der Waals surface area contributed by atoms with Crippen LogP contribution in [0.1, 0.15) is 49.0 Å². The molecular weight excluding hydrogens is 449 g/mol. The number of hydrogen-bond donors (Lipinski definition) is 3. The smallest absolute Gasteiger partial charge is 0.318 e. The van der Waals surface area contributed by atoms with Gasteiger partial charge in [0.15, 0.2) is 0 Å². The topological polar surface area (TPSA) is 99.6 Å². The zero-order chi connectivity index (χ0) is 23.4. The van der Waals surface area contributed by atoms with E-state index < -0.39 is 11.9 Å². The van der Waals surface area contributed by atoms with Crippen molar-refractivity contribution in [2.24, 2.45) is 0 Å². The molecule has 1 fully saturated rings. The van der Waals surface area contributed by atoms with Crippen LogP contribution >= 0.6 is 11.6 Å². The molecule has 178 valence electrons. The molecular formula is C23H29ClFN5O3. The van der Waals surface area contributed by atoms with Gasteiger partial charge in [0.2, 0.25) is 5.95 Å². The van der Waals surface area contributed by atoms with Gasteiger partial charge in [0.25, 0.3) is 0 Å². The van der Waals surface area contributed by atoms with Gasteiger partial charge >= 0.3 is 6.03 Å². The number of fused-ring (bicyclic) bond motifs is 1. The van der Waals surface area contributed by atoms with E-state index in [1.54, 1.807) is 11.0 Å². The second-order valence-corrected chi connectivity index (χ2v) is 8.89. The Hall–Kier alpha value is -2.49. The lowest BCUT2D eigenvalue weighted by Gasteiger charge is -2.30. The molecule has 0 bridgehead atoms. The summed E-state index contributed by atoms with van der Waals surface area (Å²) in [5.74, 6) is 0.0102. The Bertz CT molecular complexity index is 995. The quantitative estimate of drug-likeness (QED) is 0.565. The molecule has 0 unspecified atom stereocenters. The molecule has 1 aromatic heterocycles. The Balaban J connectivity index is 1.43. The van der Waals surface area contributed by atoms with Crippen LogP contribution in [0, 0.1) is 5.82 Å². The number of ether oxygens (including phenoxy) is 1. The van der Waals surface area contributed by atoms with Crippen LogP contribution in [0.4, 0.5) is 15.1 Å². The van der Waals surface area contributed by atoms with Crippen LogP contribution in [0.3, 0.4) is 0 Å². The molecule has 3 N–H and O–H groups in total. The molecule has 0 spiro atoms. The minimum absolute atomic E-state index is 0.00154. The summed E-state index contributed by atoms with van der Waals surface area (Å²) in [6.07, 6.45) is 4.53. The number of halogens is 2. The maximum absolute atomic E-state index is 13.6. The van der Waals surface area contributed by atoms with Crippen molar-refractivity contribution in [3.05, 3.63) is 52.1 Å². The Kier molecular flexibility index (Phi) is 7.62. The first kappa shape index (κ1) is 23.7. The number of benzene rings is 1. The molecule has 4 rings (SSSR count). The summed E-state index contributed by atoms with van der Waals surface area (Å²) in [6, 6.07) is 3.84. The van der Waals surface area contributed by atoms with E-state index in [1.165, 1.54) is 12.1 Å². The number of rotatable bonds is 7. The number of nitrogens with one attached hydrogen (secondary N) is 2. The summed E-state index contributed by atoms with van der Waals surface area (Å²) < 4.78 is 19.1. The number of anilines is 1. The summed E-state index contributed by atoms with van der Waals surface area (Å²) >= 11 is 5.94. The minimum atomic E-state index is -0.509. The van der Waals surface area contributed by atoms with E-state index in [-0.39, 0.29) is 29.8 Å². The predicted molar refractivity (Wildman–Crippen MR) is 123 cm³/mol. The Morgan fingerprint density at radius 2 is 2.27 bits per heavy atom. The summed E-state index contributed by atoms with van der Waals surface area (Å²) in [5, 5.41) is 16.0. The number of hydrogen-bond acceptors (Lipinski definition) is 6. The van der Waals surface area contributed by atoms with Gasteiger partial charge in [0, 0.05) is 25.4 Å². The molecule has 3 atom stereocenters. The first-order valence-corrected chi connectivity index (χ1v) is 11.7. The predicted octanol–water partition coefficient (Wildman–Crippen LogP) is 3.44. The molecule has 33 heavy (non-hydrogen) atoms. The van der Waals surface area contributed by atoms with Gasteiger partial charge in [-0.1, -0.05) is 17.7 Å². The molecule has 2 amide bonds. The van der Waals surface area contributed by atoms with E-state index in [0.717, 1.165) is 24.1 Å². The average Bonchev–Trinajstić information content (AvgIpc) is 3.22. The Morgan fingerprint density at radius 1 is 1.42 bits per heavy atom. The van der Waals surface area contributed by atoms with E-state index in [2.05, 4.69) is 20.6 Å². The van der Waals surface area contributed by atoms with Crippen molar-refractivity contribution < 1.29 is 19.0 Å². The first-order valence-electron chi connectivity index (χ1n) is 11.3. The van der Waals surface area contributed by atoms with E-state index in [1.807, 2.05) is 13.1 Å². The molecule has 8 nitrogen and oxygen atoms in total. The highest BCUT2D eigenvalue weighted by atomic mass is 35.5. The molecule has 2 aliphatic rings. The molecule has 0 saturated heterocycles. The van der Waals surface area contributed by atoms with E-state index in [9.17, 15) is 14.3 Å². The van der Waals surface area contributed by atoms with Crippen LogP contribution in [-0.2, 0) is 17.7 Å². The first-order chi connectivity index (χ1) is 15.9. The fourth-order valence-corrected chi connectivity index (χ4v) is 4.43. The van der Waals surface area contributed by atoms with Crippen molar-refractivity contribution in [3.8, 4) is 0 Å². The molecule has 2 aromatic rings. The fourth-order valence-electron chi connectivity index (χ4n) is 4.24. The van der Waals surface area contributed by atoms with Crippen LogP contribution in [0.2, 0.25) is 5.02 Å². The number of urea groups is 1. The van der Waals surface area contributed by atoms with E-state index in [4.69, 9.17) is 16.3 Å². The summed E-state index contributed by atoms with van der Waals surface area (Å²) in [5.41, 5.74) is 2.50. The molecule has 1 aliphatic heterocycles. The number of aromatic nitrogens is 2. The highest BCUT2D eigenvalue weighted by molar-refractivity contribution is 6.30. The maximum atomic E-state index is 13.6. The lowest BCUT2D eigenvalue weighted by atomic mass is 10.1. The van der Waals surface area contributed by atoms with E-state index in [0.29, 0.717) is 44.0 Å². The van der Waals surface area contributed by atoms with Gasteiger partial charge in [-0.2, -0.15) is 0 Å². The van der Waals surface area contributed by atoms with Crippen LogP contribution in [-0.4, -0.2) is 57.9 Å². The zero-order valence-electron chi connectivity index (χ0n) is 18.6. The second kappa shape index (κ2) is 10.6. The lowest BCUT2D eigenvalue weighted by molar-refractivity contribution is 0.119. The van der Waals surface area contributed by atoms with Crippen molar-refractivity contribution in [3.63, 3.8) is 0 Å². The van der Waals surface area contributed by atoms with Crippen LogP contribution < -0.4 is 10.6 Å². The van der Waals surface area contributed by atoms with Crippen LogP contribution in [0.5, 0.6) is 0 Å². The van der Waals surface area contributed by atoms with Gasteiger partial charge in [-0.15, -0.1) is 0 Å². The van der Waals surface area contributed by atoms with Crippen molar-refractivity contribution >= 4 is 23.6 Å². The maximum Gasteiger partial charge on any atom is 0.318 e. The van der Waals surface area contributed by atoms with Crippen LogP contribution in [0.25, 0.3) is 0 Å². The Labute approximate surface area is 197 Å². The summed E-state index contributed by atoms with van der Waals surface area (Å²) in [4.78, 5) is 23.8. The average molecular weight is 478 g/mol. The largest absolute Gasteiger partial charge is 0.393 e. The fraction of sp³-hybridized carbons (Fsp3) is 0.522. The number of amides is 2. The molecule has 1 aromatic carbocycles. The standard InChI is InChI=1S/C23H29ClFN5O3/c1-2-33-13-21(14-3-6-19(25)18(24)9-14)29-23(32)30-8-7-15-11-26-22(28-20(15)12-30)27-16-4-5-17(31)10-16/h3,6,9,11,16-17,21,31H,2,4-5,7-8,10,12-13H2,1H3,(H,29,32)(H,26,27,28)/t16-,17-,21+/m0/s1. The SMILES string of the molecule is CCOC[C@@H](NC(=O)N1CCc2cnc(N[C@H]3CC[C@H](O)C3)nc2C1)c1ccc(F)c(Cl)c1. The zero-order valence-corrected chi connectivity index (χ0v) is 19.3. The lowest BCUT2D eigenvalue weighted by Crippen LogP contribution is -2.45. The van der Waals surface area contributed by atoms with Crippen molar-refractivity contribution in [1.29, 1.82) is 0 Å². The molecule has 0 radical (unpaired) electrons. The number of aliphatic hydroxyl groups excluding tert-OH is 1. The van der Waals surface area contributed by atoms with Crippen molar-refractivity contribution in [2.75, 3.05) is 25.1 Å². The normalized spacial score (nSPS) is 20.9. The van der Waals surface area contributed by atoms with Gasteiger partial charge < -0.3 is 25.4 Å². The van der Waals surface area contributed by atoms with Crippen molar-refractivity contribution in [2.45, 2.75) is 57.3 Å². The highest BCUT2D eigenvalue weighted by Crippen LogP contribution is 2.25. The Morgan fingerprint density at radius 3 is 3.00 bits per heavy atom. The molecule has 1 saturated carbocycles. The highest BCUT2D eigenvalue weighted by Gasteiger charge is 2.27. The number of carbonyl (C=O) groups excluding carboxylic acids is 1. The molecule has 10 heteroatoms. The van der Waals surface area contributed by atoms with E-state index >= 15 is 0 Å². The summed E-state index contributed by atoms with van der Waals surface area (Å²) in [6.45, 7) is 3.50. The third-order valence-corrected chi connectivity index (χ3v) is 6.39. The number of carbonyl (C=O) groups is 1. The molecule has 1 aliphatic carbocycles. The van der Waals surface area contributed by atoms with Gasteiger partial charge in [-0.25, -0.2) is 19.2 Å². The van der Waals surface area contributed by atoms with Gasteiger partial charge in [0.1, 0.15) is 5.82 Å². The van der Waals surface area contributed by atoms with Crippen LogP contribution in [0.15, 0.2) is 24.4 Å². The number of aliphatic hydroxyl groups is 1. The monoisotopic (exact) mass is 477 g/mol.